The molecule has 2 aliphatic rings. The Morgan fingerprint density at radius 3 is 2.25 bits per heavy atom. The van der Waals surface area contributed by atoms with Gasteiger partial charge in [0, 0.05) is 0 Å². The van der Waals surface area contributed by atoms with Crippen molar-refractivity contribution < 1.29 is 5.11 Å². The van der Waals surface area contributed by atoms with Gasteiger partial charge in [0.15, 0.2) is 0 Å². The van der Waals surface area contributed by atoms with E-state index in [0.717, 1.165) is 0 Å². The van der Waals surface area contributed by atoms with Gasteiger partial charge < -0.3 is 5.11 Å². The lowest BCUT2D eigenvalue weighted by molar-refractivity contribution is 0.00464. The molecule has 0 aromatic carbocycles. The molecule has 0 bridgehead atoms. The SMILES string of the molecule is CC1CCC2C(C)(C)C2(O)C1C. The van der Waals surface area contributed by atoms with Crippen LogP contribution in [0, 0.1) is 23.2 Å². The van der Waals surface area contributed by atoms with Crippen molar-refractivity contribution in [2.75, 3.05) is 0 Å². The van der Waals surface area contributed by atoms with Crippen LogP contribution in [0.15, 0.2) is 0 Å². The molecule has 4 atom stereocenters. The maximum atomic E-state index is 10.4. The van der Waals surface area contributed by atoms with E-state index >= 15 is 0 Å². The van der Waals surface area contributed by atoms with Gasteiger partial charge in [0.25, 0.3) is 0 Å². The first-order valence-electron chi connectivity index (χ1n) is 5.14. The van der Waals surface area contributed by atoms with E-state index in [0.29, 0.717) is 17.8 Å². The highest BCUT2D eigenvalue weighted by molar-refractivity contribution is 5.23. The van der Waals surface area contributed by atoms with Crippen molar-refractivity contribution in [2.24, 2.45) is 23.2 Å². The summed E-state index contributed by atoms with van der Waals surface area (Å²) < 4.78 is 0. The number of hydrogen-bond donors (Lipinski definition) is 1. The molecule has 0 aliphatic heterocycles. The Bertz CT molecular complexity index is 209. The molecule has 0 amide bonds. The molecule has 0 radical (unpaired) electrons. The van der Waals surface area contributed by atoms with Crippen LogP contribution in [0.3, 0.4) is 0 Å². The van der Waals surface area contributed by atoms with Crippen molar-refractivity contribution in [2.45, 2.75) is 46.1 Å². The molecule has 0 aromatic heterocycles. The van der Waals surface area contributed by atoms with Gasteiger partial charge in [-0.25, -0.2) is 0 Å². The number of fused-ring (bicyclic) bond motifs is 1. The molecule has 0 aromatic rings. The molecule has 0 saturated heterocycles. The molecule has 12 heavy (non-hydrogen) atoms. The maximum Gasteiger partial charge on any atom is 0.0764 e. The first-order valence-corrected chi connectivity index (χ1v) is 5.14. The molecule has 1 heteroatoms. The first kappa shape index (κ1) is 8.55. The van der Waals surface area contributed by atoms with E-state index in [4.69, 9.17) is 0 Å². The Morgan fingerprint density at radius 1 is 1.17 bits per heavy atom. The molecule has 1 N–H and O–H groups in total. The minimum absolute atomic E-state index is 0.192. The van der Waals surface area contributed by atoms with E-state index in [-0.39, 0.29) is 11.0 Å². The van der Waals surface area contributed by atoms with Gasteiger partial charge in [0.05, 0.1) is 5.60 Å². The van der Waals surface area contributed by atoms with Crippen LogP contribution in [0.25, 0.3) is 0 Å². The van der Waals surface area contributed by atoms with Crippen LogP contribution in [0.5, 0.6) is 0 Å². The van der Waals surface area contributed by atoms with Gasteiger partial charge in [-0.15, -0.1) is 0 Å². The third-order valence-electron chi connectivity index (χ3n) is 4.81. The second kappa shape index (κ2) is 2.06. The second-order valence-corrected chi connectivity index (χ2v) is 5.44. The van der Waals surface area contributed by atoms with Gasteiger partial charge in [-0.1, -0.05) is 27.7 Å². The first-order chi connectivity index (χ1) is 5.42. The lowest BCUT2D eigenvalue weighted by Gasteiger charge is -2.31. The van der Waals surface area contributed by atoms with E-state index < -0.39 is 0 Å². The van der Waals surface area contributed by atoms with E-state index in [1.165, 1.54) is 12.8 Å². The zero-order valence-electron chi connectivity index (χ0n) is 8.59. The lowest BCUT2D eigenvalue weighted by Crippen LogP contribution is -2.33. The second-order valence-electron chi connectivity index (χ2n) is 5.44. The van der Waals surface area contributed by atoms with Gasteiger partial charge >= 0.3 is 0 Å². The van der Waals surface area contributed by atoms with E-state index in [2.05, 4.69) is 27.7 Å². The summed E-state index contributed by atoms with van der Waals surface area (Å²) in [7, 11) is 0. The van der Waals surface area contributed by atoms with Crippen molar-refractivity contribution in [1.29, 1.82) is 0 Å². The Kier molecular flexibility index (Phi) is 1.47. The fourth-order valence-corrected chi connectivity index (χ4v) is 3.48. The van der Waals surface area contributed by atoms with E-state index in [1.807, 2.05) is 0 Å². The van der Waals surface area contributed by atoms with Crippen LogP contribution in [-0.2, 0) is 0 Å². The van der Waals surface area contributed by atoms with Crippen molar-refractivity contribution >= 4 is 0 Å². The summed E-state index contributed by atoms with van der Waals surface area (Å²) in [5.41, 5.74) is -0.137. The Balaban J connectivity index is 2.26. The summed E-state index contributed by atoms with van der Waals surface area (Å²) in [5.74, 6) is 1.77. The van der Waals surface area contributed by atoms with Crippen molar-refractivity contribution in [3.8, 4) is 0 Å². The summed E-state index contributed by atoms with van der Waals surface area (Å²) >= 11 is 0. The standard InChI is InChI=1S/C11H20O/c1-7-5-6-9-10(3,4)11(9,12)8(7)2/h7-9,12H,5-6H2,1-4H3. The van der Waals surface area contributed by atoms with Crippen molar-refractivity contribution in [1.82, 2.24) is 0 Å². The smallest absolute Gasteiger partial charge is 0.0764 e. The quantitative estimate of drug-likeness (QED) is 0.589. The summed E-state index contributed by atoms with van der Waals surface area (Å²) in [4.78, 5) is 0. The van der Waals surface area contributed by atoms with Crippen LogP contribution in [0.4, 0.5) is 0 Å². The molecule has 0 spiro atoms. The average molecular weight is 168 g/mol. The zero-order valence-corrected chi connectivity index (χ0v) is 8.59. The van der Waals surface area contributed by atoms with Gasteiger partial charge in [-0.05, 0) is 36.0 Å². The van der Waals surface area contributed by atoms with Crippen molar-refractivity contribution in [3.05, 3.63) is 0 Å². The van der Waals surface area contributed by atoms with Gasteiger partial charge in [0.1, 0.15) is 0 Å². The third kappa shape index (κ3) is 0.693. The number of rotatable bonds is 0. The van der Waals surface area contributed by atoms with Crippen LogP contribution >= 0.6 is 0 Å². The Morgan fingerprint density at radius 2 is 1.75 bits per heavy atom. The minimum atomic E-state index is -0.329. The van der Waals surface area contributed by atoms with Gasteiger partial charge in [-0.2, -0.15) is 0 Å². The molecule has 2 rings (SSSR count). The fraction of sp³-hybridized carbons (Fsp3) is 1.00. The summed E-state index contributed by atoms with van der Waals surface area (Å²) in [6.07, 6.45) is 2.53. The molecular weight excluding hydrogens is 148 g/mol. The van der Waals surface area contributed by atoms with Crippen molar-refractivity contribution in [3.63, 3.8) is 0 Å². The van der Waals surface area contributed by atoms with Crippen LogP contribution < -0.4 is 0 Å². The number of hydrogen-bond acceptors (Lipinski definition) is 1. The van der Waals surface area contributed by atoms with Crippen LogP contribution in [0.2, 0.25) is 0 Å². The molecule has 1 nitrogen and oxygen atoms in total. The van der Waals surface area contributed by atoms with E-state index in [1.54, 1.807) is 0 Å². The highest BCUT2D eigenvalue weighted by Crippen LogP contribution is 2.70. The average Bonchev–Trinajstić information content (AvgIpc) is 2.42. The lowest BCUT2D eigenvalue weighted by atomic mass is 9.79. The Labute approximate surface area is 75.2 Å². The maximum absolute atomic E-state index is 10.4. The molecule has 4 unspecified atom stereocenters. The number of aliphatic hydroxyl groups is 1. The highest BCUT2D eigenvalue weighted by atomic mass is 16.3. The van der Waals surface area contributed by atoms with Crippen LogP contribution in [0.1, 0.15) is 40.5 Å². The minimum Gasteiger partial charge on any atom is -0.389 e. The molecule has 0 heterocycles. The summed E-state index contributed by atoms with van der Waals surface area (Å²) in [5, 5.41) is 10.4. The fourth-order valence-electron chi connectivity index (χ4n) is 3.48. The molecule has 70 valence electrons. The van der Waals surface area contributed by atoms with E-state index in [9.17, 15) is 5.11 Å². The summed E-state index contributed by atoms with van der Waals surface area (Å²) in [6, 6.07) is 0. The third-order valence-corrected chi connectivity index (χ3v) is 4.81. The predicted octanol–water partition coefficient (Wildman–Crippen LogP) is 2.44. The normalized spacial score (nSPS) is 56.2. The largest absolute Gasteiger partial charge is 0.389 e. The van der Waals surface area contributed by atoms with Gasteiger partial charge in [0.2, 0.25) is 0 Å². The zero-order chi connectivity index (χ0) is 9.15. The monoisotopic (exact) mass is 168 g/mol. The molecule has 2 saturated carbocycles. The predicted molar refractivity (Wildman–Crippen MR) is 49.8 cm³/mol. The highest BCUT2D eigenvalue weighted by Gasteiger charge is 2.74. The molecular formula is C11H20O. The van der Waals surface area contributed by atoms with Crippen LogP contribution in [-0.4, -0.2) is 10.7 Å². The van der Waals surface area contributed by atoms with Gasteiger partial charge in [-0.3, -0.25) is 0 Å². The summed E-state index contributed by atoms with van der Waals surface area (Å²) in [6.45, 7) is 8.91. The molecule has 2 aliphatic carbocycles. The topological polar surface area (TPSA) is 20.2 Å². The molecule has 2 fully saturated rings. The Hall–Kier alpha value is -0.0400.